The van der Waals surface area contributed by atoms with Gasteiger partial charge in [0, 0.05) is 31.2 Å². The van der Waals surface area contributed by atoms with Crippen molar-refractivity contribution in [2.45, 2.75) is 32.4 Å². The molecule has 1 aliphatic rings. The van der Waals surface area contributed by atoms with Crippen LogP contribution in [0.15, 0.2) is 36.8 Å². The summed E-state index contributed by atoms with van der Waals surface area (Å²) in [6.07, 6.45) is 8.70. The van der Waals surface area contributed by atoms with Crippen LogP contribution in [0, 0.1) is 17.2 Å². The molecule has 1 N–H and O–H groups in total. The van der Waals surface area contributed by atoms with E-state index in [1.165, 1.54) is 18.4 Å². The van der Waals surface area contributed by atoms with E-state index in [-0.39, 0.29) is 0 Å². The molecule has 1 fully saturated rings. The average molecular weight is 280 g/mol. The summed E-state index contributed by atoms with van der Waals surface area (Å²) >= 11 is 0. The lowest BCUT2D eigenvalue weighted by molar-refractivity contribution is 0.495. The summed E-state index contributed by atoms with van der Waals surface area (Å²) in [4.78, 5) is 4.01. The SMILES string of the molecule is CCNC(c1ccn(Cc2ccnc(C#N)c2)c1)C1CC1. The van der Waals surface area contributed by atoms with Crippen molar-refractivity contribution < 1.29 is 0 Å². The highest BCUT2D eigenvalue weighted by Gasteiger charge is 2.31. The number of nitrogens with zero attached hydrogens (tertiary/aromatic N) is 3. The molecule has 0 aliphatic heterocycles. The number of hydrogen-bond donors (Lipinski definition) is 1. The van der Waals surface area contributed by atoms with Gasteiger partial charge in [0.2, 0.25) is 0 Å². The van der Waals surface area contributed by atoms with Gasteiger partial charge in [0.05, 0.1) is 0 Å². The van der Waals surface area contributed by atoms with Gasteiger partial charge in [0.15, 0.2) is 0 Å². The van der Waals surface area contributed by atoms with E-state index in [4.69, 9.17) is 5.26 Å². The first-order chi connectivity index (χ1) is 10.3. The highest BCUT2D eigenvalue weighted by Crippen LogP contribution is 2.41. The van der Waals surface area contributed by atoms with Crippen LogP contribution in [0.2, 0.25) is 0 Å². The van der Waals surface area contributed by atoms with Gasteiger partial charge in [0.1, 0.15) is 11.8 Å². The monoisotopic (exact) mass is 280 g/mol. The first kappa shape index (κ1) is 13.8. The number of nitriles is 1. The molecule has 1 saturated carbocycles. The molecule has 3 rings (SSSR count). The maximum atomic E-state index is 8.90. The van der Waals surface area contributed by atoms with Crippen molar-refractivity contribution >= 4 is 0 Å². The van der Waals surface area contributed by atoms with E-state index in [0.717, 1.165) is 24.6 Å². The normalized spacial score (nSPS) is 15.6. The fourth-order valence-electron chi connectivity index (χ4n) is 2.79. The first-order valence-corrected chi connectivity index (χ1v) is 7.54. The van der Waals surface area contributed by atoms with Gasteiger partial charge in [-0.25, -0.2) is 4.98 Å². The molecule has 4 nitrogen and oxygen atoms in total. The minimum Gasteiger partial charge on any atom is -0.350 e. The zero-order valence-electron chi connectivity index (χ0n) is 12.3. The van der Waals surface area contributed by atoms with Crippen LogP contribution < -0.4 is 5.32 Å². The van der Waals surface area contributed by atoms with Gasteiger partial charge in [0.25, 0.3) is 0 Å². The Morgan fingerprint density at radius 1 is 1.48 bits per heavy atom. The van der Waals surface area contributed by atoms with Crippen LogP contribution >= 0.6 is 0 Å². The smallest absolute Gasteiger partial charge is 0.140 e. The molecule has 0 saturated heterocycles. The standard InChI is InChI=1S/C17H20N4/c1-2-19-17(14-3-4-14)15-6-8-21(12-15)11-13-5-7-20-16(9-13)10-18/h5-9,12,14,17,19H,2-4,11H2,1H3. The van der Waals surface area contributed by atoms with Gasteiger partial charge in [-0.3, -0.25) is 0 Å². The lowest BCUT2D eigenvalue weighted by atomic mass is 10.1. The van der Waals surface area contributed by atoms with Crippen molar-refractivity contribution in [2.24, 2.45) is 5.92 Å². The van der Waals surface area contributed by atoms with Crippen LogP contribution in [0.3, 0.4) is 0 Å². The van der Waals surface area contributed by atoms with E-state index >= 15 is 0 Å². The molecule has 1 unspecified atom stereocenters. The maximum Gasteiger partial charge on any atom is 0.140 e. The molecule has 0 spiro atoms. The second-order valence-corrected chi connectivity index (χ2v) is 5.65. The van der Waals surface area contributed by atoms with Gasteiger partial charge in [-0.15, -0.1) is 0 Å². The molecular weight excluding hydrogens is 260 g/mol. The highest BCUT2D eigenvalue weighted by molar-refractivity contribution is 5.26. The summed E-state index contributed by atoms with van der Waals surface area (Å²) in [6.45, 7) is 3.94. The molecule has 1 atom stereocenters. The van der Waals surface area contributed by atoms with Crippen LogP contribution in [-0.4, -0.2) is 16.1 Å². The number of nitrogens with one attached hydrogen (secondary N) is 1. The van der Waals surface area contributed by atoms with E-state index in [0.29, 0.717) is 11.7 Å². The minimum atomic E-state index is 0.475. The summed E-state index contributed by atoms with van der Waals surface area (Å²) in [7, 11) is 0. The van der Waals surface area contributed by atoms with Crippen molar-refractivity contribution in [1.29, 1.82) is 5.26 Å². The molecule has 21 heavy (non-hydrogen) atoms. The van der Waals surface area contributed by atoms with Gasteiger partial charge in [-0.1, -0.05) is 6.92 Å². The Morgan fingerprint density at radius 2 is 2.33 bits per heavy atom. The van der Waals surface area contributed by atoms with E-state index in [1.807, 2.05) is 12.1 Å². The van der Waals surface area contributed by atoms with Crippen LogP contribution in [0.25, 0.3) is 0 Å². The lowest BCUT2D eigenvalue weighted by Gasteiger charge is -2.15. The first-order valence-electron chi connectivity index (χ1n) is 7.54. The Labute approximate surface area is 125 Å². The summed E-state index contributed by atoms with van der Waals surface area (Å²) < 4.78 is 2.18. The van der Waals surface area contributed by atoms with E-state index in [9.17, 15) is 0 Å². The van der Waals surface area contributed by atoms with Crippen LogP contribution in [0.5, 0.6) is 0 Å². The Morgan fingerprint density at radius 3 is 3.05 bits per heavy atom. The molecule has 0 aromatic carbocycles. The van der Waals surface area contributed by atoms with Crippen molar-refractivity contribution in [1.82, 2.24) is 14.9 Å². The third kappa shape index (κ3) is 3.32. The fourth-order valence-corrected chi connectivity index (χ4v) is 2.79. The van der Waals surface area contributed by atoms with Gasteiger partial charge >= 0.3 is 0 Å². The second-order valence-electron chi connectivity index (χ2n) is 5.65. The third-order valence-corrected chi connectivity index (χ3v) is 3.95. The number of hydrogen-bond acceptors (Lipinski definition) is 3. The number of aromatic nitrogens is 2. The Kier molecular flexibility index (Phi) is 4.03. The zero-order chi connectivity index (χ0) is 14.7. The molecule has 108 valence electrons. The lowest BCUT2D eigenvalue weighted by Crippen LogP contribution is -2.22. The van der Waals surface area contributed by atoms with Gasteiger partial charge < -0.3 is 9.88 Å². The second kappa shape index (κ2) is 6.11. The fraction of sp³-hybridized carbons (Fsp3) is 0.412. The molecule has 4 heteroatoms. The summed E-state index contributed by atoms with van der Waals surface area (Å²) in [5.74, 6) is 0.798. The predicted octanol–water partition coefficient (Wildman–Crippen LogP) is 2.86. The Balaban J connectivity index is 1.73. The van der Waals surface area contributed by atoms with E-state index in [1.54, 1.807) is 6.20 Å². The summed E-state index contributed by atoms with van der Waals surface area (Å²) in [5, 5.41) is 12.5. The average Bonchev–Trinajstić information content (AvgIpc) is 3.25. The highest BCUT2D eigenvalue weighted by atomic mass is 15.0. The molecule has 2 aromatic heterocycles. The Hall–Kier alpha value is -2.12. The van der Waals surface area contributed by atoms with Crippen LogP contribution in [-0.2, 0) is 6.54 Å². The van der Waals surface area contributed by atoms with Crippen molar-refractivity contribution in [3.8, 4) is 6.07 Å². The minimum absolute atomic E-state index is 0.475. The number of pyridine rings is 1. The van der Waals surface area contributed by atoms with Crippen molar-refractivity contribution in [3.63, 3.8) is 0 Å². The quantitative estimate of drug-likeness (QED) is 0.885. The molecule has 1 aliphatic carbocycles. The van der Waals surface area contributed by atoms with Gasteiger partial charge in [-0.2, -0.15) is 5.26 Å². The third-order valence-electron chi connectivity index (χ3n) is 3.95. The number of rotatable bonds is 6. The molecule has 0 radical (unpaired) electrons. The van der Waals surface area contributed by atoms with E-state index < -0.39 is 0 Å². The molecule has 2 aromatic rings. The maximum absolute atomic E-state index is 8.90. The van der Waals surface area contributed by atoms with Crippen molar-refractivity contribution in [3.05, 3.63) is 53.6 Å². The van der Waals surface area contributed by atoms with Crippen molar-refractivity contribution in [2.75, 3.05) is 6.54 Å². The van der Waals surface area contributed by atoms with E-state index in [2.05, 4.69) is 46.3 Å². The van der Waals surface area contributed by atoms with Gasteiger partial charge in [-0.05, 0) is 54.6 Å². The van der Waals surface area contributed by atoms with Crippen LogP contribution in [0.4, 0.5) is 0 Å². The topological polar surface area (TPSA) is 53.6 Å². The summed E-state index contributed by atoms with van der Waals surface area (Å²) in [6, 6.07) is 8.59. The summed E-state index contributed by atoms with van der Waals surface area (Å²) in [5.41, 5.74) is 2.95. The largest absolute Gasteiger partial charge is 0.350 e. The zero-order valence-corrected chi connectivity index (χ0v) is 12.3. The molecular formula is C17H20N4. The molecule has 2 heterocycles. The van der Waals surface area contributed by atoms with Crippen LogP contribution in [0.1, 0.15) is 42.6 Å². The Bertz CT molecular complexity index is 649. The molecule has 0 bridgehead atoms. The molecule has 0 amide bonds. The predicted molar refractivity (Wildman–Crippen MR) is 81.6 cm³/mol.